The van der Waals surface area contributed by atoms with Gasteiger partial charge in [-0.15, -0.1) is 0 Å². The van der Waals surface area contributed by atoms with E-state index in [1.54, 1.807) is 30.5 Å². The van der Waals surface area contributed by atoms with Crippen molar-refractivity contribution in [2.24, 2.45) is 0 Å². The Morgan fingerprint density at radius 1 is 1.16 bits per heavy atom. The molecule has 3 aromatic heterocycles. The molecular formula is C12H8ClN5O. The molecule has 0 saturated carbocycles. The van der Waals surface area contributed by atoms with Crippen LogP contribution in [0.2, 0.25) is 5.02 Å². The lowest BCUT2D eigenvalue weighted by Crippen LogP contribution is -1.92. The van der Waals surface area contributed by atoms with Crippen molar-refractivity contribution in [3.63, 3.8) is 0 Å². The lowest BCUT2D eigenvalue weighted by atomic mass is 10.3. The molecule has 0 radical (unpaired) electrons. The van der Waals surface area contributed by atoms with Crippen LogP contribution in [0.4, 0.5) is 5.69 Å². The number of nitrogens with zero attached hydrogens (tertiary/aromatic N) is 4. The standard InChI is InChI=1S/C12H8ClN5O/c13-7-3-4-9(16-6-7)11-17-12(19-18-11)10-8(14)2-1-5-15-10/h1-6H,14H2. The van der Waals surface area contributed by atoms with Crippen molar-refractivity contribution in [3.05, 3.63) is 41.7 Å². The van der Waals surface area contributed by atoms with Crippen molar-refractivity contribution >= 4 is 17.3 Å². The molecule has 3 rings (SSSR count). The van der Waals surface area contributed by atoms with Crippen LogP contribution in [-0.4, -0.2) is 20.1 Å². The van der Waals surface area contributed by atoms with Gasteiger partial charge < -0.3 is 10.3 Å². The molecule has 0 spiro atoms. The van der Waals surface area contributed by atoms with Crippen LogP contribution in [-0.2, 0) is 0 Å². The van der Waals surface area contributed by atoms with E-state index in [0.717, 1.165) is 0 Å². The normalized spacial score (nSPS) is 10.6. The van der Waals surface area contributed by atoms with Gasteiger partial charge in [0.05, 0.1) is 10.7 Å². The maximum Gasteiger partial charge on any atom is 0.279 e. The summed E-state index contributed by atoms with van der Waals surface area (Å²) < 4.78 is 5.14. The molecule has 0 aromatic carbocycles. The number of nitrogen functional groups attached to an aromatic ring is 1. The molecule has 2 N–H and O–H groups in total. The van der Waals surface area contributed by atoms with Gasteiger partial charge in [0, 0.05) is 12.4 Å². The second-order valence-electron chi connectivity index (χ2n) is 3.73. The van der Waals surface area contributed by atoms with Gasteiger partial charge in [-0.25, -0.2) is 4.98 Å². The highest BCUT2D eigenvalue weighted by Crippen LogP contribution is 2.23. The average Bonchev–Trinajstić information content (AvgIpc) is 2.89. The van der Waals surface area contributed by atoms with Crippen molar-refractivity contribution in [3.8, 4) is 23.1 Å². The molecule has 0 bridgehead atoms. The highest BCUT2D eigenvalue weighted by molar-refractivity contribution is 6.30. The molecule has 0 unspecified atom stereocenters. The van der Waals surface area contributed by atoms with E-state index < -0.39 is 0 Å². The summed E-state index contributed by atoms with van der Waals surface area (Å²) in [6.07, 6.45) is 3.12. The van der Waals surface area contributed by atoms with Gasteiger partial charge in [-0.1, -0.05) is 16.8 Å². The summed E-state index contributed by atoms with van der Waals surface area (Å²) >= 11 is 5.77. The molecule has 7 heteroatoms. The number of halogens is 1. The average molecular weight is 274 g/mol. The summed E-state index contributed by atoms with van der Waals surface area (Å²) in [4.78, 5) is 12.4. The minimum atomic E-state index is 0.254. The van der Waals surface area contributed by atoms with Crippen LogP contribution in [0, 0.1) is 0 Å². The van der Waals surface area contributed by atoms with Crippen LogP contribution in [0.3, 0.4) is 0 Å². The third-order valence-corrected chi connectivity index (χ3v) is 2.65. The van der Waals surface area contributed by atoms with Crippen molar-refractivity contribution in [1.82, 2.24) is 20.1 Å². The molecule has 0 fully saturated rings. The fourth-order valence-corrected chi connectivity index (χ4v) is 1.64. The number of hydrogen-bond acceptors (Lipinski definition) is 6. The van der Waals surface area contributed by atoms with Gasteiger partial charge in [-0.2, -0.15) is 4.98 Å². The van der Waals surface area contributed by atoms with Gasteiger partial charge in [0.15, 0.2) is 5.69 Å². The van der Waals surface area contributed by atoms with Crippen LogP contribution in [0.1, 0.15) is 0 Å². The third-order valence-electron chi connectivity index (χ3n) is 2.42. The molecule has 0 atom stereocenters. The molecule has 0 amide bonds. The van der Waals surface area contributed by atoms with Crippen molar-refractivity contribution in [2.75, 3.05) is 5.73 Å². The molecule has 6 nitrogen and oxygen atoms in total. The minimum Gasteiger partial charge on any atom is -0.397 e. The van der Waals surface area contributed by atoms with Crippen LogP contribution in [0.15, 0.2) is 41.2 Å². The maximum atomic E-state index is 5.80. The quantitative estimate of drug-likeness (QED) is 0.771. The molecule has 0 aliphatic carbocycles. The zero-order valence-electron chi connectivity index (χ0n) is 9.62. The summed E-state index contributed by atoms with van der Waals surface area (Å²) in [5.41, 5.74) is 7.29. The second-order valence-corrected chi connectivity index (χ2v) is 4.16. The van der Waals surface area contributed by atoms with Gasteiger partial charge >= 0.3 is 0 Å². The highest BCUT2D eigenvalue weighted by atomic mass is 35.5. The smallest absolute Gasteiger partial charge is 0.279 e. The molecule has 0 saturated heterocycles. The molecule has 0 aliphatic heterocycles. The molecule has 3 heterocycles. The Balaban J connectivity index is 2.00. The highest BCUT2D eigenvalue weighted by Gasteiger charge is 2.14. The summed E-state index contributed by atoms with van der Waals surface area (Å²) in [7, 11) is 0. The number of aromatic nitrogens is 4. The zero-order chi connectivity index (χ0) is 13.2. The first-order valence-corrected chi connectivity index (χ1v) is 5.78. The van der Waals surface area contributed by atoms with Crippen molar-refractivity contribution in [2.45, 2.75) is 0 Å². The Hall–Kier alpha value is -2.47. The van der Waals surface area contributed by atoms with Crippen LogP contribution in [0.5, 0.6) is 0 Å². The van der Waals surface area contributed by atoms with E-state index in [-0.39, 0.29) is 5.89 Å². The Morgan fingerprint density at radius 2 is 2.05 bits per heavy atom. The minimum absolute atomic E-state index is 0.254. The van der Waals surface area contributed by atoms with E-state index in [0.29, 0.717) is 27.9 Å². The molecule has 0 aliphatic rings. The molecule has 3 aromatic rings. The van der Waals surface area contributed by atoms with E-state index in [1.165, 1.54) is 6.20 Å². The van der Waals surface area contributed by atoms with Gasteiger partial charge in [0.25, 0.3) is 5.89 Å². The summed E-state index contributed by atoms with van der Waals surface area (Å²) in [5.74, 6) is 0.613. The summed E-state index contributed by atoms with van der Waals surface area (Å²) in [5, 5.41) is 4.39. The predicted octanol–water partition coefficient (Wildman–Crippen LogP) is 2.43. The first-order valence-electron chi connectivity index (χ1n) is 5.40. The molecule has 19 heavy (non-hydrogen) atoms. The summed E-state index contributed by atoms with van der Waals surface area (Å²) in [6, 6.07) is 6.86. The van der Waals surface area contributed by atoms with Crippen molar-refractivity contribution < 1.29 is 4.52 Å². The third kappa shape index (κ3) is 2.25. The van der Waals surface area contributed by atoms with Crippen LogP contribution < -0.4 is 5.73 Å². The lowest BCUT2D eigenvalue weighted by molar-refractivity contribution is 0.431. The SMILES string of the molecule is Nc1cccnc1-c1nc(-c2ccc(Cl)cn2)no1. The first kappa shape index (κ1) is 11.6. The van der Waals surface area contributed by atoms with Crippen molar-refractivity contribution in [1.29, 1.82) is 0 Å². The zero-order valence-corrected chi connectivity index (χ0v) is 10.4. The van der Waals surface area contributed by atoms with E-state index in [2.05, 4.69) is 20.1 Å². The number of nitrogens with two attached hydrogens (primary N) is 1. The van der Waals surface area contributed by atoms with E-state index in [4.69, 9.17) is 21.9 Å². The molecule has 94 valence electrons. The van der Waals surface area contributed by atoms with Gasteiger partial charge in [0.2, 0.25) is 5.82 Å². The maximum absolute atomic E-state index is 5.80. The fraction of sp³-hybridized carbons (Fsp3) is 0. The fourth-order valence-electron chi connectivity index (χ4n) is 1.53. The van der Waals surface area contributed by atoms with Gasteiger partial charge in [-0.3, -0.25) is 4.98 Å². The second kappa shape index (κ2) is 4.66. The van der Waals surface area contributed by atoms with Crippen LogP contribution in [0.25, 0.3) is 23.1 Å². The Labute approximate surface area is 113 Å². The number of hydrogen-bond donors (Lipinski definition) is 1. The predicted molar refractivity (Wildman–Crippen MR) is 70.2 cm³/mol. The number of pyridine rings is 2. The Morgan fingerprint density at radius 3 is 2.79 bits per heavy atom. The monoisotopic (exact) mass is 273 g/mol. The molecular weight excluding hydrogens is 266 g/mol. The topological polar surface area (TPSA) is 90.7 Å². The van der Waals surface area contributed by atoms with E-state index >= 15 is 0 Å². The lowest BCUT2D eigenvalue weighted by Gasteiger charge is -1.96. The first-order chi connectivity index (χ1) is 9.24. The Bertz CT molecular complexity index is 710. The number of rotatable bonds is 2. The Kier molecular flexibility index (Phi) is 2.85. The van der Waals surface area contributed by atoms with Gasteiger partial charge in [-0.05, 0) is 24.3 Å². The van der Waals surface area contributed by atoms with Crippen LogP contribution >= 0.6 is 11.6 Å². The van der Waals surface area contributed by atoms with E-state index in [9.17, 15) is 0 Å². The number of anilines is 1. The van der Waals surface area contributed by atoms with E-state index in [1.807, 2.05) is 0 Å². The van der Waals surface area contributed by atoms with Gasteiger partial charge in [0.1, 0.15) is 5.69 Å². The largest absolute Gasteiger partial charge is 0.397 e. The summed E-state index contributed by atoms with van der Waals surface area (Å²) in [6.45, 7) is 0.